The van der Waals surface area contributed by atoms with Crippen molar-refractivity contribution < 1.29 is 9.90 Å². The molecule has 1 aliphatic rings. The highest BCUT2D eigenvalue weighted by Crippen LogP contribution is 2.26. The van der Waals surface area contributed by atoms with Crippen molar-refractivity contribution in [2.75, 3.05) is 13.1 Å². The number of hydrogen-bond acceptors (Lipinski definition) is 3. The Labute approximate surface area is 141 Å². The molecular formula is C19H23NO2S. The molecule has 0 bridgehead atoms. The van der Waals surface area contributed by atoms with E-state index in [1.54, 1.807) is 0 Å². The standard InChI is InChI=1S/C19H23NO2S/c1-14-9-12-23-18(14)19(22)20-10-7-16(8-11-20)17(21)13-15-5-3-2-4-6-15/h2-6,9,12,16-17,21H,7-8,10-11,13H2,1H3/t17-/m0/s1. The fraction of sp³-hybridized carbons (Fsp3) is 0.421. The van der Waals surface area contributed by atoms with Crippen molar-refractivity contribution in [2.45, 2.75) is 32.3 Å². The van der Waals surface area contributed by atoms with Gasteiger partial charge in [-0.05, 0) is 54.7 Å². The molecule has 122 valence electrons. The number of benzene rings is 1. The molecule has 0 aliphatic carbocycles. The SMILES string of the molecule is Cc1ccsc1C(=O)N1CCC([C@@H](O)Cc2ccccc2)CC1. The summed E-state index contributed by atoms with van der Waals surface area (Å²) in [5.74, 6) is 0.428. The fourth-order valence-corrected chi connectivity index (χ4v) is 4.14. The second-order valence-corrected chi connectivity index (χ2v) is 7.24. The van der Waals surface area contributed by atoms with Crippen molar-refractivity contribution in [1.82, 2.24) is 4.90 Å². The molecule has 1 saturated heterocycles. The lowest BCUT2D eigenvalue weighted by Crippen LogP contribution is -2.41. The van der Waals surface area contributed by atoms with E-state index in [-0.39, 0.29) is 17.9 Å². The van der Waals surface area contributed by atoms with Gasteiger partial charge >= 0.3 is 0 Å². The van der Waals surface area contributed by atoms with E-state index in [0.717, 1.165) is 36.4 Å². The number of likely N-dealkylation sites (tertiary alicyclic amines) is 1. The van der Waals surface area contributed by atoms with E-state index in [1.165, 1.54) is 16.9 Å². The lowest BCUT2D eigenvalue weighted by atomic mass is 9.88. The van der Waals surface area contributed by atoms with Crippen LogP contribution in [0.2, 0.25) is 0 Å². The predicted octanol–water partition coefficient (Wildman–Crippen LogP) is 3.51. The molecule has 4 heteroatoms. The van der Waals surface area contributed by atoms with Crippen molar-refractivity contribution in [3.63, 3.8) is 0 Å². The summed E-state index contributed by atoms with van der Waals surface area (Å²) in [6.45, 7) is 3.47. The van der Waals surface area contributed by atoms with Gasteiger partial charge in [-0.2, -0.15) is 0 Å². The van der Waals surface area contributed by atoms with Crippen LogP contribution in [0.4, 0.5) is 0 Å². The Hall–Kier alpha value is -1.65. The van der Waals surface area contributed by atoms with Gasteiger partial charge in [-0.3, -0.25) is 4.79 Å². The van der Waals surface area contributed by atoms with E-state index < -0.39 is 0 Å². The molecule has 2 aromatic rings. The van der Waals surface area contributed by atoms with Crippen LogP contribution in [-0.4, -0.2) is 35.1 Å². The summed E-state index contributed by atoms with van der Waals surface area (Å²) in [5, 5.41) is 12.5. The van der Waals surface area contributed by atoms with Gasteiger partial charge in [-0.15, -0.1) is 11.3 Å². The second kappa shape index (κ2) is 7.28. The molecule has 23 heavy (non-hydrogen) atoms. The molecular weight excluding hydrogens is 306 g/mol. The summed E-state index contributed by atoms with van der Waals surface area (Å²) in [7, 11) is 0. The average molecular weight is 329 g/mol. The Morgan fingerprint density at radius 1 is 1.26 bits per heavy atom. The number of piperidine rings is 1. The van der Waals surface area contributed by atoms with Crippen molar-refractivity contribution in [2.24, 2.45) is 5.92 Å². The Bertz CT molecular complexity index is 644. The topological polar surface area (TPSA) is 40.5 Å². The molecule has 3 rings (SSSR count). The second-order valence-electron chi connectivity index (χ2n) is 6.32. The highest BCUT2D eigenvalue weighted by molar-refractivity contribution is 7.12. The average Bonchev–Trinajstić information content (AvgIpc) is 3.01. The number of aryl methyl sites for hydroxylation is 1. The largest absolute Gasteiger partial charge is 0.392 e. The van der Waals surface area contributed by atoms with Gasteiger partial charge in [-0.1, -0.05) is 30.3 Å². The van der Waals surface area contributed by atoms with E-state index in [9.17, 15) is 9.90 Å². The molecule has 1 fully saturated rings. The zero-order chi connectivity index (χ0) is 16.2. The quantitative estimate of drug-likeness (QED) is 0.932. The Morgan fingerprint density at radius 2 is 1.96 bits per heavy atom. The molecule has 0 saturated carbocycles. The van der Waals surface area contributed by atoms with Gasteiger partial charge in [0.25, 0.3) is 5.91 Å². The minimum atomic E-state index is -0.321. The number of rotatable bonds is 4. The number of hydrogen-bond donors (Lipinski definition) is 1. The predicted molar refractivity (Wildman–Crippen MR) is 93.8 cm³/mol. The van der Waals surface area contributed by atoms with Crippen molar-refractivity contribution in [1.29, 1.82) is 0 Å². The molecule has 3 nitrogen and oxygen atoms in total. The zero-order valence-electron chi connectivity index (χ0n) is 13.4. The first-order valence-electron chi connectivity index (χ1n) is 8.20. The Balaban J connectivity index is 1.54. The van der Waals surface area contributed by atoms with Crippen LogP contribution >= 0.6 is 11.3 Å². The fourth-order valence-electron chi connectivity index (χ4n) is 3.25. The number of carbonyl (C=O) groups is 1. The van der Waals surface area contributed by atoms with E-state index >= 15 is 0 Å². The summed E-state index contributed by atoms with van der Waals surface area (Å²) < 4.78 is 0. The van der Waals surface area contributed by atoms with Gasteiger partial charge in [-0.25, -0.2) is 0 Å². The summed E-state index contributed by atoms with van der Waals surface area (Å²) >= 11 is 1.52. The third-order valence-corrected chi connectivity index (χ3v) is 5.72. The lowest BCUT2D eigenvalue weighted by molar-refractivity contribution is 0.0470. The summed E-state index contributed by atoms with van der Waals surface area (Å²) in [4.78, 5) is 15.3. The summed E-state index contributed by atoms with van der Waals surface area (Å²) in [6, 6.07) is 12.1. The number of nitrogens with zero attached hydrogens (tertiary/aromatic N) is 1. The zero-order valence-corrected chi connectivity index (χ0v) is 14.3. The van der Waals surface area contributed by atoms with Crippen LogP contribution < -0.4 is 0 Å². The third-order valence-electron chi connectivity index (χ3n) is 4.71. The molecule has 1 aliphatic heterocycles. The molecule has 0 spiro atoms. The minimum Gasteiger partial charge on any atom is -0.392 e. The van der Waals surface area contributed by atoms with Gasteiger partial charge in [0, 0.05) is 13.1 Å². The Kier molecular flexibility index (Phi) is 5.13. The van der Waals surface area contributed by atoms with Crippen LogP contribution in [-0.2, 0) is 6.42 Å². The maximum atomic E-state index is 12.5. The van der Waals surface area contributed by atoms with Crippen molar-refractivity contribution in [3.8, 4) is 0 Å². The van der Waals surface area contributed by atoms with Crippen molar-refractivity contribution in [3.05, 3.63) is 57.8 Å². The monoisotopic (exact) mass is 329 g/mol. The maximum absolute atomic E-state index is 12.5. The molecule has 0 unspecified atom stereocenters. The molecule has 1 aromatic heterocycles. The maximum Gasteiger partial charge on any atom is 0.264 e. The van der Waals surface area contributed by atoms with Crippen molar-refractivity contribution >= 4 is 17.2 Å². The first-order valence-corrected chi connectivity index (χ1v) is 9.08. The van der Waals surface area contributed by atoms with Crippen LogP contribution in [0.25, 0.3) is 0 Å². The van der Waals surface area contributed by atoms with Gasteiger partial charge in [0.15, 0.2) is 0 Å². The van der Waals surface area contributed by atoms with E-state index in [0.29, 0.717) is 6.42 Å². The van der Waals surface area contributed by atoms with Crippen LogP contribution in [0, 0.1) is 12.8 Å². The first kappa shape index (κ1) is 16.2. The molecule has 0 radical (unpaired) electrons. The number of aliphatic hydroxyl groups excluding tert-OH is 1. The molecule has 1 aromatic carbocycles. The van der Waals surface area contributed by atoms with E-state index in [4.69, 9.17) is 0 Å². The number of aliphatic hydroxyl groups is 1. The normalized spacial score (nSPS) is 17.2. The summed E-state index contributed by atoms with van der Waals surface area (Å²) in [5.41, 5.74) is 2.24. The van der Waals surface area contributed by atoms with Crippen LogP contribution in [0.3, 0.4) is 0 Å². The van der Waals surface area contributed by atoms with Crippen LogP contribution in [0.5, 0.6) is 0 Å². The van der Waals surface area contributed by atoms with Gasteiger partial charge in [0.05, 0.1) is 11.0 Å². The molecule has 1 atom stereocenters. The van der Waals surface area contributed by atoms with Gasteiger partial charge < -0.3 is 10.0 Å². The minimum absolute atomic E-state index is 0.147. The number of thiophene rings is 1. The van der Waals surface area contributed by atoms with Gasteiger partial charge in [0.2, 0.25) is 0 Å². The van der Waals surface area contributed by atoms with E-state index in [2.05, 4.69) is 12.1 Å². The summed E-state index contributed by atoms with van der Waals surface area (Å²) in [6.07, 6.45) is 2.13. The molecule has 2 heterocycles. The van der Waals surface area contributed by atoms with Crippen LogP contribution in [0.15, 0.2) is 41.8 Å². The number of amides is 1. The highest BCUT2D eigenvalue weighted by atomic mass is 32.1. The molecule has 1 amide bonds. The lowest BCUT2D eigenvalue weighted by Gasteiger charge is -2.34. The Morgan fingerprint density at radius 3 is 2.57 bits per heavy atom. The molecule has 1 N–H and O–H groups in total. The van der Waals surface area contributed by atoms with Crippen LogP contribution in [0.1, 0.15) is 33.6 Å². The highest BCUT2D eigenvalue weighted by Gasteiger charge is 2.28. The van der Waals surface area contributed by atoms with E-state index in [1.807, 2.05) is 41.5 Å². The number of carbonyl (C=O) groups excluding carboxylic acids is 1. The first-order chi connectivity index (χ1) is 11.1. The third kappa shape index (κ3) is 3.82. The van der Waals surface area contributed by atoms with Gasteiger partial charge in [0.1, 0.15) is 0 Å². The smallest absolute Gasteiger partial charge is 0.264 e.